The molecule has 0 saturated carbocycles. The van der Waals surface area contributed by atoms with E-state index >= 15 is 0 Å². The molecule has 0 unspecified atom stereocenters. The lowest BCUT2D eigenvalue weighted by molar-refractivity contribution is 0.556. The molecule has 0 spiro atoms. The Hall–Kier alpha value is -0.780. The average molecular weight is 288 g/mol. The van der Waals surface area contributed by atoms with E-state index in [1.807, 2.05) is 0 Å². The quantitative estimate of drug-likeness (QED) is 0.360. The van der Waals surface area contributed by atoms with Gasteiger partial charge in [-0.25, -0.2) is 0 Å². The predicted molar refractivity (Wildman–Crippen MR) is 94.9 cm³/mol. The fourth-order valence-corrected chi connectivity index (χ4v) is 2.84. The summed E-state index contributed by atoms with van der Waals surface area (Å²) in [4.78, 5) is 0. The van der Waals surface area contributed by atoms with Crippen molar-refractivity contribution in [3.8, 4) is 0 Å². The second-order valence-electron chi connectivity index (χ2n) is 6.73. The molecule has 0 saturated heterocycles. The highest BCUT2D eigenvalue weighted by molar-refractivity contribution is 5.24. The Kier molecular flexibility index (Phi) is 10.3. The molecular formula is C21H35. The monoisotopic (exact) mass is 287 g/mol. The van der Waals surface area contributed by atoms with E-state index in [1.165, 1.54) is 81.8 Å². The Morgan fingerprint density at radius 1 is 0.857 bits per heavy atom. The van der Waals surface area contributed by atoms with Gasteiger partial charge in [-0.15, -0.1) is 0 Å². The molecule has 0 heterocycles. The van der Waals surface area contributed by atoms with Crippen LogP contribution in [0.3, 0.4) is 0 Å². The van der Waals surface area contributed by atoms with Crippen LogP contribution < -0.4 is 0 Å². The molecule has 0 atom stereocenters. The summed E-state index contributed by atoms with van der Waals surface area (Å²) >= 11 is 0. The molecule has 0 fully saturated rings. The number of unbranched alkanes of at least 4 members (excludes halogenated alkanes) is 9. The van der Waals surface area contributed by atoms with Gasteiger partial charge in [-0.2, -0.15) is 0 Å². The van der Waals surface area contributed by atoms with E-state index < -0.39 is 0 Å². The van der Waals surface area contributed by atoms with Crippen LogP contribution in [0.4, 0.5) is 0 Å². The maximum Gasteiger partial charge on any atom is -0.0149 e. The van der Waals surface area contributed by atoms with Gasteiger partial charge in [-0.3, -0.25) is 0 Å². The number of hydrogen-bond donors (Lipinski definition) is 0. The molecule has 0 heteroatoms. The predicted octanol–water partition coefficient (Wildman–Crippen LogP) is 7.07. The summed E-state index contributed by atoms with van der Waals surface area (Å²) in [5, 5.41) is 0. The second-order valence-corrected chi connectivity index (χ2v) is 6.73. The third-order valence-corrected chi connectivity index (χ3v) is 4.35. The van der Waals surface area contributed by atoms with Crippen LogP contribution in [0.25, 0.3) is 0 Å². The Morgan fingerprint density at radius 3 is 2.00 bits per heavy atom. The summed E-state index contributed by atoms with van der Waals surface area (Å²) in [5.41, 5.74) is 2.86. The van der Waals surface area contributed by atoms with Gasteiger partial charge in [0.2, 0.25) is 0 Å². The molecule has 0 amide bonds. The smallest absolute Gasteiger partial charge is 0.0149 e. The van der Waals surface area contributed by atoms with Gasteiger partial charge in [0.1, 0.15) is 0 Å². The van der Waals surface area contributed by atoms with Crippen molar-refractivity contribution in [2.24, 2.45) is 0 Å². The van der Waals surface area contributed by atoms with Gasteiger partial charge in [0.15, 0.2) is 0 Å². The topological polar surface area (TPSA) is 0 Å². The van der Waals surface area contributed by atoms with E-state index in [4.69, 9.17) is 0 Å². The molecule has 119 valence electrons. The van der Waals surface area contributed by atoms with Gasteiger partial charge < -0.3 is 0 Å². The molecule has 1 aromatic carbocycles. The first-order chi connectivity index (χ1) is 10.2. The maximum absolute atomic E-state index is 3.39. The molecule has 0 aliphatic carbocycles. The lowest BCUT2D eigenvalue weighted by Crippen LogP contribution is -1.92. The van der Waals surface area contributed by atoms with E-state index in [9.17, 15) is 0 Å². The molecule has 0 aliphatic rings. The molecule has 0 N–H and O–H groups in total. The zero-order valence-electron chi connectivity index (χ0n) is 14.6. The van der Waals surface area contributed by atoms with Crippen LogP contribution in [0, 0.1) is 6.07 Å². The largest absolute Gasteiger partial charge is 0.0654 e. The fraction of sp³-hybridized carbons (Fsp3) is 0.714. The second kappa shape index (κ2) is 11.8. The third kappa shape index (κ3) is 8.96. The average Bonchev–Trinajstić information content (AvgIpc) is 2.49. The third-order valence-electron chi connectivity index (χ3n) is 4.35. The minimum atomic E-state index is 0.631. The van der Waals surface area contributed by atoms with Crippen molar-refractivity contribution >= 4 is 0 Å². The Labute approximate surface area is 133 Å². The Bertz CT molecular complexity index is 351. The first-order valence-electron chi connectivity index (χ1n) is 9.24. The first-order valence-corrected chi connectivity index (χ1v) is 9.24. The van der Waals surface area contributed by atoms with Crippen LogP contribution in [0.2, 0.25) is 0 Å². The summed E-state index contributed by atoms with van der Waals surface area (Å²) < 4.78 is 0. The normalized spacial score (nSPS) is 11.2. The van der Waals surface area contributed by atoms with Crippen molar-refractivity contribution in [2.75, 3.05) is 0 Å². The van der Waals surface area contributed by atoms with Crippen LogP contribution in [-0.2, 0) is 6.42 Å². The van der Waals surface area contributed by atoms with Crippen LogP contribution >= 0.6 is 0 Å². The minimum Gasteiger partial charge on any atom is -0.0654 e. The fourth-order valence-electron chi connectivity index (χ4n) is 2.84. The van der Waals surface area contributed by atoms with Crippen molar-refractivity contribution < 1.29 is 0 Å². The Balaban J connectivity index is 2.00. The van der Waals surface area contributed by atoms with Gasteiger partial charge in [0.05, 0.1) is 0 Å². The lowest BCUT2D eigenvalue weighted by atomic mass is 9.98. The molecular weight excluding hydrogens is 252 g/mol. The summed E-state index contributed by atoms with van der Waals surface area (Å²) in [6, 6.07) is 10.0. The lowest BCUT2D eigenvalue weighted by Gasteiger charge is -2.08. The van der Waals surface area contributed by atoms with Gasteiger partial charge in [-0.05, 0) is 36.0 Å². The van der Waals surface area contributed by atoms with Crippen LogP contribution in [0.1, 0.15) is 102 Å². The molecule has 1 aromatic rings. The summed E-state index contributed by atoms with van der Waals surface area (Å²) in [6.45, 7) is 6.81. The zero-order valence-corrected chi connectivity index (χ0v) is 14.6. The van der Waals surface area contributed by atoms with Crippen molar-refractivity contribution in [1.82, 2.24) is 0 Å². The number of benzene rings is 1. The molecule has 1 rings (SSSR count). The summed E-state index contributed by atoms with van der Waals surface area (Å²) in [5.74, 6) is 0.631. The highest BCUT2D eigenvalue weighted by Crippen LogP contribution is 2.17. The standard InChI is InChI=1S/C21H35/c1-4-5-6-7-8-9-10-11-12-13-15-20-16-14-17-21(18-20)19(2)3/h14,17-19H,4-13,15H2,1-3H3. The van der Waals surface area contributed by atoms with Crippen LogP contribution in [0.5, 0.6) is 0 Å². The number of aryl methyl sites for hydroxylation is 1. The van der Waals surface area contributed by atoms with E-state index in [0.29, 0.717) is 5.92 Å². The van der Waals surface area contributed by atoms with E-state index in [1.54, 1.807) is 0 Å². The van der Waals surface area contributed by atoms with Gasteiger partial charge in [0, 0.05) is 0 Å². The molecule has 1 radical (unpaired) electrons. The molecule has 0 aliphatic heterocycles. The van der Waals surface area contributed by atoms with E-state index in [0.717, 1.165) is 0 Å². The molecule has 0 aromatic heterocycles. The van der Waals surface area contributed by atoms with Gasteiger partial charge >= 0.3 is 0 Å². The summed E-state index contributed by atoms with van der Waals surface area (Å²) in [6.07, 6.45) is 15.3. The molecule has 21 heavy (non-hydrogen) atoms. The van der Waals surface area contributed by atoms with Crippen LogP contribution in [0.15, 0.2) is 18.2 Å². The van der Waals surface area contributed by atoms with Crippen molar-refractivity contribution in [2.45, 2.75) is 97.3 Å². The number of hydrogen-bond acceptors (Lipinski definition) is 0. The summed E-state index contributed by atoms with van der Waals surface area (Å²) in [7, 11) is 0. The minimum absolute atomic E-state index is 0.631. The maximum atomic E-state index is 3.39. The van der Waals surface area contributed by atoms with E-state index in [-0.39, 0.29) is 0 Å². The highest BCUT2D eigenvalue weighted by Gasteiger charge is 2.00. The zero-order chi connectivity index (χ0) is 15.3. The first kappa shape index (κ1) is 18.3. The number of rotatable bonds is 12. The highest BCUT2D eigenvalue weighted by atomic mass is 14.1. The Morgan fingerprint density at radius 2 is 1.43 bits per heavy atom. The van der Waals surface area contributed by atoms with Crippen molar-refractivity contribution in [1.29, 1.82) is 0 Å². The van der Waals surface area contributed by atoms with Crippen molar-refractivity contribution in [3.05, 3.63) is 35.4 Å². The SMILES string of the molecule is CCCCCCCCCCCCc1[c]ccc(C(C)C)c1. The van der Waals surface area contributed by atoms with E-state index in [2.05, 4.69) is 45.0 Å². The molecule has 0 bridgehead atoms. The molecule has 0 nitrogen and oxygen atoms in total. The van der Waals surface area contributed by atoms with Crippen LogP contribution in [-0.4, -0.2) is 0 Å². The van der Waals surface area contributed by atoms with Crippen molar-refractivity contribution in [3.63, 3.8) is 0 Å². The van der Waals surface area contributed by atoms with Gasteiger partial charge in [0.25, 0.3) is 0 Å². The van der Waals surface area contributed by atoms with Gasteiger partial charge in [-0.1, -0.05) is 96.8 Å².